The Morgan fingerprint density at radius 2 is 1.54 bits per heavy atom. The summed E-state index contributed by atoms with van der Waals surface area (Å²) in [7, 11) is 0. The maximum Gasteiger partial charge on any atom is 0.00752 e. The summed E-state index contributed by atoms with van der Waals surface area (Å²) in [6.45, 7) is 13.5. The summed E-state index contributed by atoms with van der Waals surface area (Å²) in [6.07, 6.45) is 5.80. The van der Waals surface area contributed by atoms with Gasteiger partial charge in [0.15, 0.2) is 0 Å². The first-order valence-corrected chi connectivity index (χ1v) is 6.01. The first-order chi connectivity index (χ1) is 5.71. The molecule has 0 spiro atoms. The molecule has 0 amide bonds. The molecule has 0 fully saturated rings. The van der Waals surface area contributed by atoms with Crippen molar-refractivity contribution in [1.82, 2.24) is 0 Å². The van der Waals surface area contributed by atoms with Gasteiger partial charge in [0.2, 0.25) is 0 Å². The maximum atomic E-state index is 2.30. The Morgan fingerprint density at radius 1 is 1.00 bits per heavy atom. The van der Waals surface area contributed by atoms with Gasteiger partial charge in [0, 0.05) is 4.75 Å². The minimum atomic E-state index is 0.340. The summed E-state index contributed by atoms with van der Waals surface area (Å²) < 4.78 is 0.412. The fraction of sp³-hybridized carbons (Fsp3) is 0.833. The van der Waals surface area contributed by atoms with Crippen LogP contribution in [0.4, 0.5) is 0 Å². The molecular weight excluding hydrogens is 176 g/mol. The van der Waals surface area contributed by atoms with Crippen LogP contribution in [0.25, 0.3) is 0 Å². The van der Waals surface area contributed by atoms with Gasteiger partial charge in [-0.25, -0.2) is 0 Å². The molecule has 0 nitrogen and oxygen atoms in total. The Hall–Kier alpha value is 0.0900. The Bertz CT molecular complexity index is 155. The van der Waals surface area contributed by atoms with Crippen LogP contribution in [0.1, 0.15) is 48.0 Å². The third-order valence-electron chi connectivity index (χ3n) is 1.44. The van der Waals surface area contributed by atoms with E-state index in [-0.39, 0.29) is 0 Å². The Morgan fingerprint density at radius 3 is 1.92 bits per heavy atom. The summed E-state index contributed by atoms with van der Waals surface area (Å²) in [6, 6.07) is 0. The number of allylic oxidation sites excluding steroid dienone is 2. The van der Waals surface area contributed by atoms with Gasteiger partial charge >= 0.3 is 0 Å². The third-order valence-corrected chi connectivity index (χ3v) is 2.74. The van der Waals surface area contributed by atoms with Crippen LogP contribution in [-0.2, 0) is 0 Å². The second-order valence-electron chi connectivity index (χ2n) is 5.52. The molecule has 0 aromatic rings. The molecule has 0 saturated carbocycles. The molecule has 0 aromatic carbocycles. The van der Waals surface area contributed by atoms with Gasteiger partial charge in [0.1, 0.15) is 0 Å². The summed E-state index contributed by atoms with van der Waals surface area (Å²) in [5, 5.41) is 0. The predicted molar refractivity (Wildman–Crippen MR) is 65.4 cm³/mol. The van der Waals surface area contributed by atoms with Crippen LogP contribution in [0.5, 0.6) is 0 Å². The average molecular weight is 200 g/mol. The molecule has 0 aromatic heterocycles. The van der Waals surface area contributed by atoms with Crippen LogP contribution in [0.2, 0.25) is 0 Å². The molecule has 0 heterocycles. The minimum Gasteiger partial charge on any atom is -0.156 e. The van der Waals surface area contributed by atoms with Crippen LogP contribution < -0.4 is 0 Å². The van der Waals surface area contributed by atoms with E-state index in [1.807, 2.05) is 11.8 Å². The summed E-state index contributed by atoms with van der Waals surface area (Å²) in [5.41, 5.74) is 0.340. The topological polar surface area (TPSA) is 0 Å². The number of hydrogen-bond acceptors (Lipinski definition) is 1. The van der Waals surface area contributed by atoms with Crippen molar-refractivity contribution in [3.05, 3.63) is 12.2 Å². The van der Waals surface area contributed by atoms with Crippen molar-refractivity contribution in [1.29, 1.82) is 0 Å². The van der Waals surface area contributed by atoms with Crippen LogP contribution >= 0.6 is 11.8 Å². The number of rotatable bonds is 3. The molecule has 0 unspecified atom stereocenters. The second-order valence-corrected chi connectivity index (χ2v) is 7.44. The van der Waals surface area contributed by atoms with E-state index in [2.05, 4.69) is 53.7 Å². The molecule has 13 heavy (non-hydrogen) atoms. The average Bonchev–Trinajstić information content (AvgIpc) is 1.81. The van der Waals surface area contributed by atoms with E-state index < -0.39 is 0 Å². The Kier molecular flexibility index (Phi) is 5.13. The van der Waals surface area contributed by atoms with Crippen LogP contribution in [0.15, 0.2) is 12.2 Å². The highest BCUT2D eigenvalue weighted by Gasteiger charge is 2.09. The monoisotopic (exact) mass is 200 g/mol. The lowest BCUT2D eigenvalue weighted by molar-refractivity contribution is 0.542. The number of thioether (sulfide) groups is 1. The van der Waals surface area contributed by atoms with E-state index in [4.69, 9.17) is 0 Å². The molecule has 0 bridgehead atoms. The van der Waals surface area contributed by atoms with Gasteiger partial charge in [0.25, 0.3) is 0 Å². The van der Waals surface area contributed by atoms with E-state index in [0.29, 0.717) is 10.2 Å². The minimum absolute atomic E-state index is 0.340. The molecule has 0 saturated heterocycles. The normalized spacial score (nSPS) is 14.0. The molecule has 0 atom stereocenters. The first-order valence-electron chi connectivity index (χ1n) is 5.02. The summed E-state index contributed by atoms with van der Waals surface area (Å²) in [4.78, 5) is 0. The lowest BCUT2D eigenvalue weighted by Crippen LogP contribution is -2.07. The molecule has 0 N–H and O–H groups in total. The van der Waals surface area contributed by atoms with E-state index in [0.717, 1.165) is 0 Å². The highest BCUT2D eigenvalue weighted by atomic mass is 32.2. The van der Waals surface area contributed by atoms with Crippen molar-refractivity contribution < 1.29 is 0 Å². The van der Waals surface area contributed by atoms with Gasteiger partial charge in [-0.3, -0.25) is 0 Å². The second kappa shape index (κ2) is 5.09. The van der Waals surface area contributed by atoms with Crippen LogP contribution in [0.3, 0.4) is 0 Å². The van der Waals surface area contributed by atoms with Crippen molar-refractivity contribution >= 4 is 11.8 Å². The highest BCUT2D eigenvalue weighted by molar-refractivity contribution is 8.00. The van der Waals surface area contributed by atoms with Crippen molar-refractivity contribution in [3.8, 4) is 0 Å². The van der Waals surface area contributed by atoms with Crippen LogP contribution in [-0.4, -0.2) is 10.5 Å². The van der Waals surface area contributed by atoms with Gasteiger partial charge < -0.3 is 0 Å². The fourth-order valence-corrected chi connectivity index (χ4v) is 1.74. The van der Waals surface area contributed by atoms with Crippen LogP contribution in [0, 0.1) is 5.41 Å². The van der Waals surface area contributed by atoms with Crippen molar-refractivity contribution in [3.63, 3.8) is 0 Å². The maximum absolute atomic E-state index is 2.30. The van der Waals surface area contributed by atoms with E-state index in [9.17, 15) is 0 Å². The largest absolute Gasteiger partial charge is 0.156 e. The highest BCUT2D eigenvalue weighted by Crippen LogP contribution is 2.24. The lowest BCUT2D eigenvalue weighted by Gasteiger charge is -2.16. The zero-order valence-electron chi connectivity index (χ0n) is 9.98. The Balaban J connectivity index is 3.53. The van der Waals surface area contributed by atoms with Crippen molar-refractivity contribution in [2.45, 2.75) is 52.7 Å². The molecule has 1 heteroatoms. The molecule has 0 radical (unpaired) electrons. The Labute approximate surface area is 88.2 Å². The first kappa shape index (κ1) is 13.1. The standard InChI is InChI=1S/C12H24S/c1-11(2,3)9-7-8-10-13-12(4,5)6/h7,9H,8,10H2,1-6H3/b9-7-. The molecule has 0 aliphatic heterocycles. The zero-order chi connectivity index (χ0) is 10.5. The quantitative estimate of drug-likeness (QED) is 0.477. The van der Waals surface area contributed by atoms with Gasteiger partial charge in [0.05, 0.1) is 0 Å². The van der Waals surface area contributed by atoms with Gasteiger partial charge in [-0.2, -0.15) is 11.8 Å². The summed E-state index contributed by atoms with van der Waals surface area (Å²) >= 11 is 2.03. The molecule has 0 rings (SSSR count). The van der Waals surface area contributed by atoms with E-state index in [1.54, 1.807) is 0 Å². The van der Waals surface area contributed by atoms with Gasteiger partial charge in [-0.1, -0.05) is 53.7 Å². The lowest BCUT2D eigenvalue weighted by atomic mass is 9.96. The molecule has 0 aliphatic rings. The fourth-order valence-electron chi connectivity index (χ4n) is 0.870. The van der Waals surface area contributed by atoms with E-state index >= 15 is 0 Å². The van der Waals surface area contributed by atoms with Crippen molar-refractivity contribution in [2.75, 3.05) is 5.75 Å². The predicted octanol–water partition coefficient (Wildman–Crippen LogP) is 4.51. The molecular formula is C12H24S. The SMILES string of the molecule is CC(C)(C)/C=C\CCSC(C)(C)C. The zero-order valence-corrected chi connectivity index (χ0v) is 10.8. The van der Waals surface area contributed by atoms with Crippen molar-refractivity contribution in [2.24, 2.45) is 5.41 Å². The van der Waals surface area contributed by atoms with Gasteiger partial charge in [-0.15, -0.1) is 0 Å². The van der Waals surface area contributed by atoms with E-state index in [1.165, 1.54) is 12.2 Å². The molecule has 0 aliphatic carbocycles. The smallest absolute Gasteiger partial charge is 0.00752 e. The number of hydrogen-bond donors (Lipinski definition) is 0. The summed E-state index contributed by atoms with van der Waals surface area (Å²) in [5.74, 6) is 1.23. The van der Waals surface area contributed by atoms with Gasteiger partial charge in [-0.05, 0) is 17.6 Å². The third kappa shape index (κ3) is 12.1. The molecule has 78 valence electrons.